The van der Waals surface area contributed by atoms with E-state index in [1.807, 2.05) is 0 Å². The van der Waals surface area contributed by atoms with Gasteiger partial charge in [0, 0.05) is 37.1 Å². The number of furan rings is 1. The highest BCUT2D eigenvalue weighted by atomic mass is 19.1. The van der Waals surface area contributed by atoms with Gasteiger partial charge in [-0.25, -0.2) is 4.39 Å². The van der Waals surface area contributed by atoms with Gasteiger partial charge in [-0.05, 0) is 19.1 Å². The van der Waals surface area contributed by atoms with Gasteiger partial charge in [0.2, 0.25) is 0 Å². The molecule has 1 N–H and O–H groups in total. The number of halogens is 1. The lowest BCUT2D eigenvalue weighted by atomic mass is 10.1. The van der Waals surface area contributed by atoms with Gasteiger partial charge in [-0.15, -0.1) is 0 Å². The van der Waals surface area contributed by atoms with Gasteiger partial charge in [-0.2, -0.15) is 0 Å². The number of benzene rings is 1. The highest BCUT2D eigenvalue weighted by Gasteiger charge is 2.19. The van der Waals surface area contributed by atoms with E-state index in [2.05, 4.69) is 17.1 Å². The van der Waals surface area contributed by atoms with Crippen LogP contribution in [0.15, 0.2) is 28.9 Å². The number of hydrogen-bond acceptors (Lipinski definition) is 3. The number of nitrogens with zero attached hydrogens (tertiary/aromatic N) is 1. The summed E-state index contributed by atoms with van der Waals surface area (Å²) in [5.41, 5.74) is 1.64. The molecule has 0 radical (unpaired) electrons. The molecule has 0 saturated carbocycles. The van der Waals surface area contributed by atoms with Crippen molar-refractivity contribution in [1.29, 1.82) is 0 Å². The van der Waals surface area contributed by atoms with Crippen LogP contribution in [0.5, 0.6) is 0 Å². The monoisotopic (exact) mass is 234 g/mol. The van der Waals surface area contributed by atoms with Crippen molar-refractivity contribution in [3.63, 3.8) is 0 Å². The second-order valence-electron chi connectivity index (χ2n) is 4.57. The Labute approximate surface area is 99.2 Å². The topological polar surface area (TPSA) is 28.4 Å². The molecule has 1 fully saturated rings. The molecule has 4 heteroatoms. The molecule has 1 atom stereocenters. The van der Waals surface area contributed by atoms with E-state index in [0.29, 0.717) is 6.04 Å². The first kappa shape index (κ1) is 10.6. The maximum atomic E-state index is 13.5. The van der Waals surface area contributed by atoms with Crippen molar-refractivity contribution in [2.24, 2.45) is 0 Å². The molecule has 0 amide bonds. The highest BCUT2D eigenvalue weighted by molar-refractivity contribution is 5.89. The predicted octanol–water partition coefficient (Wildman–Crippen LogP) is 2.37. The van der Waals surface area contributed by atoms with E-state index in [-0.39, 0.29) is 5.82 Å². The number of rotatable bonds is 1. The van der Waals surface area contributed by atoms with E-state index < -0.39 is 0 Å². The molecule has 1 aliphatic rings. The lowest BCUT2D eigenvalue weighted by Gasteiger charge is -2.33. The standard InChI is InChI=1S/C13H15FN2O/c1-9-8-16(4-3-15-9)12-7-11(14)6-10-2-5-17-13(10)12/h2,5-7,9,15H,3-4,8H2,1H3/t9-/m0/s1. The van der Waals surface area contributed by atoms with E-state index in [1.54, 1.807) is 18.4 Å². The summed E-state index contributed by atoms with van der Waals surface area (Å²) in [6.45, 7) is 4.80. The fourth-order valence-electron chi connectivity index (χ4n) is 2.41. The van der Waals surface area contributed by atoms with Crippen LogP contribution < -0.4 is 10.2 Å². The maximum Gasteiger partial charge on any atom is 0.157 e. The van der Waals surface area contributed by atoms with Gasteiger partial charge in [-0.1, -0.05) is 0 Å². The number of fused-ring (bicyclic) bond motifs is 1. The Morgan fingerprint density at radius 3 is 3.18 bits per heavy atom. The summed E-state index contributed by atoms with van der Waals surface area (Å²) in [5, 5.41) is 4.20. The van der Waals surface area contributed by atoms with Crippen molar-refractivity contribution >= 4 is 16.7 Å². The fraction of sp³-hybridized carbons (Fsp3) is 0.385. The quantitative estimate of drug-likeness (QED) is 0.821. The van der Waals surface area contributed by atoms with Gasteiger partial charge in [0.15, 0.2) is 5.58 Å². The Bertz CT molecular complexity index is 537. The van der Waals surface area contributed by atoms with Crippen molar-refractivity contribution in [3.05, 3.63) is 30.3 Å². The Kier molecular flexibility index (Phi) is 2.52. The minimum Gasteiger partial charge on any atom is -0.462 e. The molecule has 1 aromatic carbocycles. The summed E-state index contributed by atoms with van der Waals surface area (Å²) in [5.74, 6) is -0.208. The van der Waals surface area contributed by atoms with E-state index in [4.69, 9.17) is 4.42 Å². The zero-order chi connectivity index (χ0) is 11.8. The molecular formula is C13H15FN2O. The fourth-order valence-corrected chi connectivity index (χ4v) is 2.41. The molecule has 2 heterocycles. The largest absolute Gasteiger partial charge is 0.462 e. The Morgan fingerprint density at radius 2 is 2.35 bits per heavy atom. The molecule has 17 heavy (non-hydrogen) atoms. The molecule has 3 rings (SSSR count). The zero-order valence-corrected chi connectivity index (χ0v) is 9.74. The van der Waals surface area contributed by atoms with Gasteiger partial charge in [0.25, 0.3) is 0 Å². The lowest BCUT2D eigenvalue weighted by Crippen LogP contribution is -2.49. The second kappa shape index (κ2) is 4.04. The number of nitrogens with one attached hydrogen (secondary N) is 1. The van der Waals surface area contributed by atoms with Crippen molar-refractivity contribution in [3.8, 4) is 0 Å². The van der Waals surface area contributed by atoms with Crippen LogP contribution in [0.2, 0.25) is 0 Å². The molecule has 2 aromatic rings. The average Bonchev–Trinajstić information content (AvgIpc) is 2.75. The van der Waals surface area contributed by atoms with Crippen molar-refractivity contribution in [2.45, 2.75) is 13.0 Å². The van der Waals surface area contributed by atoms with Crippen molar-refractivity contribution < 1.29 is 8.81 Å². The summed E-state index contributed by atoms with van der Waals surface area (Å²) >= 11 is 0. The summed E-state index contributed by atoms with van der Waals surface area (Å²) in [7, 11) is 0. The third kappa shape index (κ3) is 1.89. The Balaban J connectivity index is 2.06. The summed E-state index contributed by atoms with van der Waals surface area (Å²) < 4.78 is 19.0. The average molecular weight is 234 g/mol. The van der Waals surface area contributed by atoms with Crippen LogP contribution in [-0.2, 0) is 0 Å². The first-order valence-electron chi connectivity index (χ1n) is 5.89. The predicted molar refractivity (Wildman–Crippen MR) is 65.8 cm³/mol. The summed E-state index contributed by atoms with van der Waals surface area (Å²) in [6, 6.07) is 5.28. The van der Waals surface area contributed by atoms with Gasteiger partial charge in [0.05, 0.1) is 12.0 Å². The van der Waals surface area contributed by atoms with E-state index in [0.717, 1.165) is 36.3 Å². The lowest BCUT2D eigenvalue weighted by molar-refractivity contribution is 0.482. The van der Waals surface area contributed by atoms with Crippen LogP contribution in [-0.4, -0.2) is 25.7 Å². The van der Waals surface area contributed by atoms with Gasteiger partial charge < -0.3 is 14.6 Å². The molecule has 1 aliphatic heterocycles. The van der Waals surface area contributed by atoms with Crippen LogP contribution in [0.3, 0.4) is 0 Å². The second-order valence-corrected chi connectivity index (χ2v) is 4.57. The summed E-state index contributed by atoms with van der Waals surface area (Å²) in [6.07, 6.45) is 1.61. The zero-order valence-electron chi connectivity index (χ0n) is 9.74. The Hall–Kier alpha value is -1.55. The smallest absolute Gasteiger partial charge is 0.157 e. The summed E-state index contributed by atoms with van der Waals surface area (Å²) in [4.78, 5) is 2.18. The van der Waals surface area contributed by atoms with Crippen molar-refractivity contribution in [2.75, 3.05) is 24.5 Å². The van der Waals surface area contributed by atoms with Gasteiger partial charge in [0.1, 0.15) is 5.82 Å². The molecule has 90 valence electrons. The maximum absolute atomic E-state index is 13.5. The molecule has 1 saturated heterocycles. The first-order valence-corrected chi connectivity index (χ1v) is 5.89. The third-order valence-corrected chi connectivity index (χ3v) is 3.21. The van der Waals surface area contributed by atoms with Gasteiger partial charge in [-0.3, -0.25) is 0 Å². The van der Waals surface area contributed by atoms with Gasteiger partial charge >= 0.3 is 0 Å². The highest BCUT2D eigenvalue weighted by Crippen LogP contribution is 2.29. The third-order valence-electron chi connectivity index (χ3n) is 3.21. The number of anilines is 1. The number of hydrogen-bond donors (Lipinski definition) is 1. The Morgan fingerprint density at radius 1 is 1.47 bits per heavy atom. The van der Waals surface area contributed by atoms with Crippen LogP contribution >= 0.6 is 0 Å². The van der Waals surface area contributed by atoms with E-state index >= 15 is 0 Å². The SMILES string of the molecule is C[C@H]1CN(c2cc(F)cc3ccoc23)CCN1. The van der Waals surface area contributed by atoms with E-state index in [9.17, 15) is 4.39 Å². The van der Waals surface area contributed by atoms with Crippen molar-refractivity contribution in [1.82, 2.24) is 5.32 Å². The molecule has 0 aliphatic carbocycles. The normalized spacial score (nSPS) is 21.1. The first-order chi connectivity index (χ1) is 8.24. The molecule has 1 aromatic heterocycles. The molecule has 3 nitrogen and oxygen atoms in total. The van der Waals surface area contributed by atoms with Crippen LogP contribution in [0.25, 0.3) is 11.0 Å². The van der Waals surface area contributed by atoms with E-state index in [1.165, 1.54) is 6.07 Å². The molecular weight excluding hydrogens is 219 g/mol. The number of piperazine rings is 1. The minimum absolute atomic E-state index is 0.208. The minimum atomic E-state index is -0.208. The molecule has 0 spiro atoms. The van der Waals surface area contributed by atoms with Crippen LogP contribution in [0.1, 0.15) is 6.92 Å². The van der Waals surface area contributed by atoms with Crippen LogP contribution in [0, 0.1) is 5.82 Å². The molecule has 0 unspecified atom stereocenters. The van der Waals surface area contributed by atoms with Crippen LogP contribution in [0.4, 0.5) is 10.1 Å². The molecule has 0 bridgehead atoms.